The van der Waals surface area contributed by atoms with E-state index in [1.807, 2.05) is 13.8 Å². The second kappa shape index (κ2) is 11.1. The van der Waals surface area contributed by atoms with Gasteiger partial charge in [0.05, 0.1) is 0 Å². The maximum Gasteiger partial charge on any atom is 0.157 e. The average Bonchev–Trinajstić information content (AvgIpc) is 2.40. The molecule has 0 amide bonds. The largest absolute Gasteiger partial charge is 0.353 e. The van der Waals surface area contributed by atoms with Crippen molar-refractivity contribution in [3.8, 4) is 0 Å². The molecule has 1 fully saturated rings. The van der Waals surface area contributed by atoms with Gasteiger partial charge in [0.25, 0.3) is 0 Å². The van der Waals surface area contributed by atoms with Crippen molar-refractivity contribution in [1.82, 2.24) is 4.90 Å². The Morgan fingerprint density at radius 3 is 2.28 bits per heavy atom. The molecule has 0 aromatic carbocycles. The molecule has 0 aromatic heterocycles. The molecular formula is C14H29NO2S. The number of rotatable bonds is 10. The molecule has 0 aromatic rings. The first-order valence-corrected chi connectivity index (χ1v) is 8.55. The standard InChI is InChI=1S/C14H29NO2S/c1-3-16-14(17-4-2)8-6-5-7-9-15-10-12-18-13-11-15/h14H,3-13H2,1-2H3. The lowest BCUT2D eigenvalue weighted by atomic mass is 10.2. The van der Waals surface area contributed by atoms with E-state index in [-0.39, 0.29) is 6.29 Å². The van der Waals surface area contributed by atoms with Crippen molar-refractivity contribution in [3.05, 3.63) is 0 Å². The van der Waals surface area contributed by atoms with Crippen LogP contribution in [0.15, 0.2) is 0 Å². The predicted molar refractivity (Wildman–Crippen MR) is 79.3 cm³/mol. The molecule has 0 atom stereocenters. The summed E-state index contributed by atoms with van der Waals surface area (Å²) in [5, 5.41) is 0. The normalized spacial score (nSPS) is 17.5. The molecule has 1 aliphatic heterocycles. The van der Waals surface area contributed by atoms with E-state index < -0.39 is 0 Å². The molecule has 18 heavy (non-hydrogen) atoms. The van der Waals surface area contributed by atoms with Crippen LogP contribution >= 0.6 is 11.8 Å². The van der Waals surface area contributed by atoms with Gasteiger partial charge in [0.1, 0.15) is 0 Å². The highest BCUT2D eigenvalue weighted by Gasteiger charge is 2.10. The fourth-order valence-electron chi connectivity index (χ4n) is 2.23. The van der Waals surface area contributed by atoms with E-state index in [0.717, 1.165) is 19.6 Å². The molecule has 108 valence electrons. The summed E-state index contributed by atoms with van der Waals surface area (Å²) in [6.07, 6.45) is 4.88. The maximum atomic E-state index is 5.54. The van der Waals surface area contributed by atoms with E-state index in [4.69, 9.17) is 9.47 Å². The Kier molecular flexibility index (Phi) is 10.0. The Labute approximate surface area is 117 Å². The van der Waals surface area contributed by atoms with E-state index in [1.165, 1.54) is 50.4 Å². The summed E-state index contributed by atoms with van der Waals surface area (Å²) in [6.45, 7) is 9.39. The van der Waals surface area contributed by atoms with Crippen LogP contribution in [0.2, 0.25) is 0 Å². The van der Waals surface area contributed by atoms with Gasteiger partial charge in [-0.1, -0.05) is 6.42 Å². The molecule has 0 saturated carbocycles. The predicted octanol–water partition coefficient (Wildman–Crippen LogP) is 2.99. The highest BCUT2D eigenvalue weighted by molar-refractivity contribution is 7.99. The van der Waals surface area contributed by atoms with Crippen LogP contribution in [0.1, 0.15) is 39.5 Å². The topological polar surface area (TPSA) is 21.7 Å². The van der Waals surface area contributed by atoms with Gasteiger partial charge in [-0.05, 0) is 39.7 Å². The van der Waals surface area contributed by atoms with Crippen LogP contribution in [0.25, 0.3) is 0 Å². The van der Waals surface area contributed by atoms with Gasteiger partial charge >= 0.3 is 0 Å². The quantitative estimate of drug-likeness (QED) is 0.451. The lowest BCUT2D eigenvalue weighted by Gasteiger charge is -2.26. The summed E-state index contributed by atoms with van der Waals surface area (Å²) in [5.41, 5.74) is 0. The van der Waals surface area contributed by atoms with Crippen LogP contribution in [0.4, 0.5) is 0 Å². The van der Waals surface area contributed by atoms with Crippen molar-refractivity contribution in [2.45, 2.75) is 45.8 Å². The molecule has 0 unspecified atom stereocenters. The molecule has 0 radical (unpaired) electrons. The fourth-order valence-corrected chi connectivity index (χ4v) is 3.21. The molecule has 1 rings (SSSR count). The van der Waals surface area contributed by atoms with Crippen molar-refractivity contribution in [3.63, 3.8) is 0 Å². The first kappa shape index (κ1) is 16.3. The van der Waals surface area contributed by atoms with Gasteiger partial charge in [-0.3, -0.25) is 0 Å². The van der Waals surface area contributed by atoms with Crippen molar-refractivity contribution >= 4 is 11.8 Å². The molecule has 0 aliphatic carbocycles. The SMILES string of the molecule is CCOC(CCCCCN1CCSCC1)OCC. The van der Waals surface area contributed by atoms with E-state index in [9.17, 15) is 0 Å². The summed E-state index contributed by atoms with van der Waals surface area (Å²) in [7, 11) is 0. The summed E-state index contributed by atoms with van der Waals surface area (Å²) in [6, 6.07) is 0. The highest BCUT2D eigenvalue weighted by Crippen LogP contribution is 2.12. The summed E-state index contributed by atoms with van der Waals surface area (Å²) < 4.78 is 11.1. The second-order valence-corrected chi connectivity index (χ2v) is 5.87. The molecular weight excluding hydrogens is 246 g/mol. The first-order chi connectivity index (χ1) is 8.86. The van der Waals surface area contributed by atoms with Crippen LogP contribution < -0.4 is 0 Å². The number of nitrogens with zero attached hydrogens (tertiary/aromatic N) is 1. The molecule has 1 heterocycles. The van der Waals surface area contributed by atoms with Crippen LogP contribution in [0, 0.1) is 0 Å². The van der Waals surface area contributed by atoms with Gasteiger partial charge in [0.2, 0.25) is 0 Å². The minimum absolute atomic E-state index is 0.0198. The van der Waals surface area contributed by atoms with Crippen LogP contribution in [-0.4, -0.2) is 55.5 Å². The lowest BCUT2D eigenvalue weighted by Crippen LogP contribution is -2.33. The monoisotopic (exact) mass is 275 g/mol. The molecule has 0 spiro atoms. The molecule has 0 bridgehead atoms. The summed E-state index contributed by atoms with van der Waals surface area (Å²) in [5.74, 6) is 2.63. The lowest BCUT2D eigenvalue weighted by molar-refractivity contribution is -0.140. The van der Waals surface area contributed by atoms with Crippen molar-refractivity contribution < 1.29 is 9.47 Å². The molecule has 1 aliphatic rings. The molecule has 1 saturated heterocycles. The third-order valence-corrected chi connectivity index (χ3v) is 4.17. The van der Waals surface area contributed by atoms with Crippen LogP contribution in [0.5, 0.6) is 0 Å². The highest BCUT2D eigenvalue weighted by atomic mass is 32.2. The Morgan fingerprint density at radius 2 is 1.67 bits per heavy atom. The van der Waals surface area contributed by atoms with Gasteiger partial charge in [0, 0.05) is 37.8 Å². The van der Waals surface area contributed by atoms with Crippen molar-refractivity contribution in [1.29, 1.82) is 0 Å². The zero-order valence-corrected chi connectivity index (χ0v) is 12.8. The Hall–Kier alpha value is 0.230. The number of ether oxygens (including phenoxy) is 2. The Bertz CT molecular complexity index is 181. The number of hydrogen-bond donors (Lipinski definition) is 0. The van der Waals surface area contributed by atoms with Gasteiger partial charge in [-0.15, -0.1) is 0 Å². The smallest absolute Gasteiger partial charge is 0.157 e. The van der Waals surface area contributed by atoms with Gasteiger partial charge in [-0.25, -0.2) is 0 Å². The molecule has 0 N–H and O–H groups in total. The second-order valence-electron chi connectivity index (χ2n) is 4.64. The maximum absolute atomic E-state index is 5.54. The third-order valence-electron chi connectivity index (χ3n) is 3.22. The van der Waals surface area contributed by atoms with E-state index in [2.05, 4.69) is 16.7 Å². The minimum Gasteiger partial charge on any atom is -0.353 e. The zero-order chi connectivity index (χ0) is 13.1. The fraction of sp³-hybridized carbons (Fsp3) is 1.00. The average molecular weight is 275 g/mol. The third kappa shape index (κ3) is 7.62. The first-order valence-electron chi connectivity index (χ1n) is 7.40. The van der Waals surface area contributed by atoms with E-state index in [1.54, 1.807) is 0 Å². The number of thioether (sulfide) groups is 1. The van der Waals surface area contributed by atoms with Gasteiger partial charge < -0.3 is 14.4 Å². The summed E-state index contributed by atoms with van der Waals surface area (Å²) >= 11 is 2.08. The zero-order valence-electron chi connectivity index (χ0n) is 12.0. The van der Waals surface area contributed by atoms with E-state index in [0.29, 0.717) is 0 Å². The van der Waals surface area contributed by atoms with Crippen molar-refractivity contribution in [2.24, 2.45) is 0 Å². The Balaban J connectivity index is 1.95. The van der Waals surface area contributed by atoms with E-state index >= 15 is 0 Å². The van der Waals surface area contributed by atoms with Gasteiger partial charge in [0.15, 0.2) is 6.29 Å². The molecule has 4 heteroatoms. The molecule has 3 nitrogen and oxygen atoms in total. The summed E-state index contributed by atoms with van der Waals surface area (Å²) in [4.78, 5) is 2.60. The Morgan fingerprint density at radius 1 is 1.00 bits per heavy atom. The van der Waals surface area contributed by atoms with Crippen LogP contribution in [0.3, 0.4) is 0 Å². The van der Waals surface area contributed by atoms with Crippen LogP contribution in [-0.2, 0) is 9.47 Å². The van der Waals surface area contributed by atoms with Crippen molar-refractivity contribution in [2.75, 3.05) is 44.4 Å². The van der Waals surface area contributed by atoms with Gasteiger partial charge in [-0.2, -0.15) is 11.8 Å². The number of hydrogen-bond acceptors (Lipinski definition) is 4. The number of unbranched alkanes of at least 4 members (excludes halogenated alkanes) is 2. The minimum atomic E-state index is 0.0198.